The summed E-state index contributed by atoms with van der Waals surface area (Å²) in [5.74, 6) is 0.363. The van der Waals surface area contributed by atoms with Gasteiger partial charge in [-0.25, -0.2) is 5.43 Å². The van der Waals surface area contributed by atoms with Crippen LogP contribution in [0.5, 0.6) is 5.75 Å². The predicted molar refractivity (Wildman–Crippen MR) is 110 cm³/mol. The van der Waals surface area contributed by atoms with Gasteiger partial charge in [0.25, 0.3) is 5.91 Å². The van der Waals surface area contributed by atoms with Crippen molar-refractivity contribution in [1.29, 1.82) is 0 Å². The molecule has 4 rings (SSSR count). The van der Waals surface area contributed by atoms with Crippen molar-refractivity contribution >= 4 is 22.9 Å². The molecular weight excluding hydrogens is 352 g/mol. The minimum absolute atomic E-state index is 0.339. The number of aromatic amines is 1. The van der Waals surface area contributed by atoms with E-state index in [4.69, 9.17) is 4.74 Å². The summed E-state index contributed by atoms with van der Waals surface area (Å²) < 4.78 is 5.16. The second kappa shape index (κ2) is 7.75. The molecule has 0 saturated carbocycles. The number of hydrazone groups is 1. The number of carbonyl (C=O) groups is 1. The van der Waals surface area contributed by atoms with Gasteiger partial charge in [-0.05, 0) is 34.5 Å². The van der Waals surface area contributed by atoms with Crippen LogP contribution in [0.1, 0.15) is 16.1 Å². The summed E-state index contributed by atoms with van der Waals surface area (Å²) in [5, 5.41) is 13.3. The summed E-state index contributed by atoms with van der Waals surface area (Å²) in [6.07, 6.45) is 1.56. The number of hydrogen-bond donors (Lipinski definition) is 2. The number of ether oxygens (including phenoxy) is 1. The molecule has 138 valence electrons. The first-order valence-electron chi connectivity index (χ1n) is 8.75. The Balaban J connectivity index is 1.50. The van der Waals surface area contributed by atoms with Gasteiger partial charge in [-0.1, -0.05) is 54.6 Å². The van der Waals surface area contributed by atoms with E-state index < -0.39 is 0 Å². The molecule has 1 amide bonds. The number of carbonyl (C=O) groups excluding carboxylic acids is 1. The second-order valence-corrected chi connectivity index (χ2v) is 6.17. The molecule has 0 aliphatic heterocycles. The van der Waals surface area contributed by atoms with E-state index in [1.807, 2.05) is 66.7 Å². The predicted octanol–water partition coefficient (Wildman–Crippen LogP) is 4.00. The quantitative estimate of drug-likeness (QED) is 0.412. The standard InChI is InChI=1S/C22H18N4O2/c1-28-17-9-4-6-15(12-17)14-23-26-22(27)21-13-20(24-25-21)19-11-5-8-16-7-2-3-10-18(16)19/h2-14H,1H3,(H,24,25)(H,26,27)/b23-14+. The topological polar surface area (TPSA) is 79.4 Å². The van der Waals surface area contributed by atoms with E-state index in [1.165, 1.54) is 0 Å². The molecule has 1 heterocycles. The molecule has 0 saturated heterocycles. The third-order valence-corrected chi connectivity index (χ3v) is 4.36. The zero-order valence-corrected chi connectivity index (χ0v) is 15.2. The lowest BCUT2D eigenvalue weighted by atomic mass is 10.0. The van der Waals surface area contributed by atoms with Gasteiger partial charge in [0.1, 0.15) is 11.4 Å². The average Bonchev–Trinajstić information content (AvgIpc) is 3.23. The molecule has 4 aromatic rings. The molecule has 6 heteroatoms. The lowest BCUT2D eigenvalue weighted by molar-refractivity contribution is 0.0950. The van der Waals surface area contributed by atoms with Crippen LogP contribution in [0.2, 0.25) is 0 Å². The van der Waals surface area contributed by atoms with Crippen LogP contribution in [0.15, 0.2) is 77.9 Å². The fourth-order valence-corrected chi connectivity index (χ4v) is 2.97. The molecule has 3 aromatic carbocycles. The van der Waals surface area contributed by atoms with Gasteiger partial charge in [-0.3, -0.25) is 9.89 Å². The van der Waals surface area contributed by atoms with Crippen molar-refractivity contribution in [3.63, 3.8) is 0 Å². The Morgan fingerprint density at radius 2 is 1.89 bits per heavy atom. The minimum Gasteiger partial charge on any atom is -0.497 e. The molecule has 0 atom stereocenters. The van der Waals surface area contributed by atoms with Crippen LogP contribution in [-0.4, -0.2) is 29.4 Å². The highest BCUT2D eigenvalue weighted by atomic mass is 16.5. The molecule has 2 N–H and O–H groups in total. The van der Waals surface area contributed by atoms with Crippen LogP contribution in [0, 0.1) is 0 Å². The van der Waals surface area contributed by atoms with Crippen molar-refractivity contribution in [3.8, 4) is 17.0 Å². The van der Waals surface area contributed by atoms with Gasteiger partial charge in [0.2, 0.25) is 0 Å². The number of fused-ring (bicyclic) bond motifs is 1. The molecule has 28 heavy (non-hydrogen) atoms. The van der Waals surface area contributed by atoms with E-state index in [2.05, 4.69) is 20.7 Å². The maximum Gasteiger partial charge on any atom is 0.289 e. The van der Waals surface area contributed by atoms with E-state index in [-0.39, 0.29) is 5.91 Å². The van der Waals surface area contributed by atoms with E-state index >= 15 is 0 Å². The van der Waals surface area contributed by atoms with Crippen LogP contribution < -0.4 is 10.2 Å². The van der Waals surface area contributed by atoms with Crippen LogP contribution in [0.25, 0.3) is 22.0 Å². The molecule has 0 aliphatic rings. The Morgan fingerprint density at radius 3 is 2.79 bits per heavy atom. The molecule has 0 radical (unpaired) electrons. The van der Waals surface area contributed by atoms with Crippen molar-refractivity contribution in [1.82, 2.24) is 15.6 Å². The third-order valence-electron chi connectivity index (χ3n) is 4.36. The largest absolute Gasteiger partial charge is 0.497 e. The molecule has 6 nitrogen and oxygen atoms in total. The monoisotopic (exact) mass is 370 g/mol. The molecule has 0 spiro atoms. The zero-order chi connectivity index (χ0) is 19.3. The van der Waals surface area contributed by atoms with Crippen LogP contribution in [0.4, 0.5) is 0 Å². The normalized spacial score (nSPS) is 11.0. The highest BCUT2D eigenvalue weighted by molar-refractivity contribution is 5.98. The van der Waals surface area contributed by atoms with Crippen molar-refractivity contribution in [2.75, 3.05) is 7.11 Å². The molecule has 0 aliphatic carbocycles. The first-order chi connectivity index (χ1) is 13.7. The fraction of sp³-hybridized carbons (Fsp3) is 0.0455. The van der Waals surface area contributed by atoms with Gasteiger partial charge in [0.15, 0.2) is 0 Å². The fourth-order valence-electron chi connectivity index (χ4n) is 2.97. The maximum atomic E-state index is 12.3. The summed E-state index contributed by atoms with van der Waals surface area (Å²) in [7, 11) is 1.60. The summed E-state index contributed by atoms with van der Waals surface area (Å²) in [4.78, 5) is 12.3. The van der Waals surface area contributed by atoms with Gasteiger partial charge >= 0.3 is 0 Å². The number of amides is 1. The van der Waals surface area contributed by atoms with Crippen LogP contribution >= 0.6 is 0 Å². The summed E-state index contributed by atoms with van der Waals surface area (Å²) in [5.41, 5.74) is 5.34. The Bertz CT molecular complexity index is 1160. The Labute approximate surface area is 161 Å². The number of methoxy groups -OCH3 is 1. The van der Waals surface area contributed by atoms with Crippen molar-refractivity contribution < 1.29 is 9.53 Å². The van der Waals surface area contributed by atoms with Gasteiger partial charge in [0, 0.05) is 5.56 Å². The van der Waals surface area contributed by atoms with Crippen molar-refractivity contribution in [2.24, 2.45) is 5.10 Å². The number of hydrogen-bond acceptors (Lipinski definition) is 4. The smallest absolute Gasteiger partial charge is 0.289 e. The number of benzene rings is 3. The molecular formula is C22H18N4O2. The number of H-pyrrole nitrogens is 1. The van der Waals surface area contributed by atoms with E-state index in [9.17, 15) is 4.79 Å². The van der Waals surface area contributed by atoms with E-state index in [0.717, 1.165) is 27.6 Å². The number of nitrogens with one attached hydrogen (secondary N) is 2. The second-order valence-electron chi connectivity index (χ2n) is 6.17. The number of nitrogens with zero attached hydrogens (tertiary/aromatic N) is 2. The van der Waals surface area contributed by atoms with Crippen LogP contribution in [-0.2, 0) is 0 Å². The lowest BCUT2D eigenvalue weighted by Crippen LogP contribution is -2.18. The van der Waals surface area contributed by atoms with Gasteiger partial charge < -0.3 is 4.74 Å². The summed E-state index contributed by atoms with van der Waals surface area (Å²) in [6.45, 7) is 0. The lowest BCUT2D eigenvalue weighted by Gasteiger charge is -2.02. The Morgan fingerprint density at radius 1 is 1.07 bits per heavy atom. The Kier molecular flexibility index (Phi) is 4.84. The van der Waals surface area contributed by atoms with E-state index in [1.54, 1.807) is 19.4 Å². The maximum absolute atomic E-state index is 12.3. The number of rotatable bonds is 5. The highest BCUT2D eigenvalue weighted by Gasteiger charge is 2.12. The number of aromatic nitrogens is 2. The minimum atomic E-state index is -0.363. The third kappa shape index (κ3) is 3.61. The average molecular weight is 370 g/mol. The first kappa shape index (κ1) is 17.5. The molecule has 1 aromatic heterocycles. The molecule has 0 bridgehead atoms. The highest BCUT2D eigenvalue weighted by Crippen LogP contribution is 2.27. The van der Waals surface area contributed by atoms with Crippen molar-refractivity contribution in [3.05, 3.63) is 84.1 Å². The molecule has 0 fully saturated rings. The van der Waals surface area contributed by atoms with Gasteiger partial charge in [0.05, 0.1) is 19.0 Å². The summed E-state index contributed by atoms with van der Waals surface area (Å²) >= 11 is 0. The Hall–Kier alpha value is -3.93. The van der Waals surface area contributed by atoms with E-state index in [0.29, 0.717) is 11.4 Å². The molecule has 0 unspecified atom stereocenters. The van der Waals surface area contributed by atoms with Crippen molar-refractivity contribution in [2.45, 2.75) is 0 Å². The van der Waals surface area contributed by atoms with Crippen LogP contribution in [0.3, 0.4) is 0 Å². The summed E-state index contributed by atoms with van der Waals surface area (Å²) in [6, 6.07) is 23.2. The van der Waals surface area contributed by atoms with Gasteiger partial charge in [-0.15, -0.1) is 0 Å². The first-order valence-corrected chi connectivity index (χ1v) is 8.75. The zero-order valence-electron chi connectivity index (χ0n) is 15.2. The van der Waals surface area contributed by atoms with Gasteiger partial charge in [-0.2, -0.15) is 10.2 Å². The SMILES string of the molecule is COc1cccc(/C=N/NC(=O)c2cc(-c3cccc4ccccc34)n[nH]2)c1.